The lowest BCUT2D eigenvalue weighted by atomic mass is 10.1. The zero-order valence-electron chi connectivity index (χ0n) is 14.0. The molecule has 23 heavy (non-hydrogen) atoms. The molecule has 0 fully saturated rings. The molecular weight excluding hydrogens is 290 g/mol. The van der Waals surface area contributed by atoms with Crippen LogP contribution in [0, 0.1) is 6.92 Å². The minimum absolute atomic E-state index is 0.229. The molecule has 0 spiro atoms. The van der Waals surface area contributed by atoms with Gasteiger partial charge in [0.25, 0.3) is 0 Å². The SMILES string of the molecule is C=C(c1ccccc1OCC(O)CNC(C)C)n1cnc(C)c1. The van der Waals surface area contributed by atoms with Crippen molar-refractivity contribution in [2.24, 2.45) is 0 Å². The van der Waals surface area contributed by atoms with Crippen molar-refractivity contribution in [3.63, 3.8) is 0 Å². The van der Waals surface area contributed by atoms with E-state index in [9.17, 15) is 5.11 Å². The van der Waals surface area contributed by atoms with Gasteiger partial charge < -0.3 is 19.7 Å². The monoisotopic (exact) mass is 315 g/mol. The highest BCUT2D eigenvalue weighted by atomic mass is 16.5. The molecule has 0 saturated heterocycles. The molecule has 2 rings (SSSR count). The summed E-state index contributed by atoms with van der Waals surface area (Å²) in [5.41, 5.74) is 2.60. The van der Waals surface area contributed by atoms with Gasteiger partial charge in [0.2, 0.25) is 0 Å². The second-order valence-corrected chi connectivity index (χ2v) is 5.89. The van der Waals surface area contributed by atoms with E-state index in [-0.39, 0.29) is 6.61 Å². The fraction of sp³-hybridized carbons (Fsp3) is 0.389. The predicted molar refractivity (Wildman–Crippen MR) is 92.5 cm³/mol. The minimum Gasteiger partial charge on any atom is -0.490 e. The number of nitrogens with one attached hydrogen (secondary N) is 1. The van der Waals surface area contributed by atoms with Crippen LogP contribution in [0.2, 0.25) is 0 Å². The Morgan fingerprint density at radius 2 is 2.13 bits per heavy atom. The van der Waals surface area contributed by atoms with E-state index in [2.05, 4.69) is 16.9 Å². The van der Waals surface area contributed by atoms with E-state index in [0.717, 1.165) is 17.0 Å². The van der Waals surface area contributed by atoms with Gasteiger partial charge in [0.05, 0.1) is 17.7 Å². The number of para-hydroxylation sites is 1. The smallest absolute Gasteiger partial charge is 0.128 e. The first kappa shape index (κ1) is 17.2. The lowest BCUT2D eigenvalue weighted by molar-refractivity contribution is 0.104. The third-order valence-corrected chi connectivity index (χ3v) is 3.41. The molecule has 1 aromatic heterocycles. The molecule has 0 saturated carbocycles. The van der Waals surface area contributed by atoms with Gasteiger partial charge in [-0.1, -0.05) is 32.6 Å². The third-order valence-electron chi connectivity index (χ3n) is 3.41. The summed E-state index contributed by atoms with van der Waals surface area (Å²) in [5, 5.41) is 13.2. The summed E-state index contributed by atoms with van der Waals surface area (Å²) in [4.78, 5) is 4.22. The van der Waals surface area contributed by atoms with Crippen LogP contribution in [0.25, 0.3) is 5.70 Å². The van der Waals surface area contributed by atoms with Crippen molar-refractivity contribution in [3.05, 3.63) is 54.6 Å². The van der Waals surface area contributed by atoms with E-state index in [4.69, 9.17) is 4.74 Å². The summed E-state index contributed by atoms with van der Waals surface area (Å²) in [7, 11) is 0. The van der Waals surface area contributed by atoms with Crippen LogP contribution in [0.15, 0.2) is 43.4 Å². The molecule has 1 atom stereocenters. The average molecular weight is 315 g/mol. The number of rotatable bonds is 8. The largest absolute Gasteiger partial charge is 0.490 e. The Morgan fingerprint density at radius 3 is 2.78 bits per heavy atom. The first-order valence-corrected chi connectivity index (χ1v) is 7.81. The number of nitrogens with zero attached hydrogens (tertiary/aromatic N) is 2. The molecular formula is C18H25N3O2. The summed E-state index contributed by atoms with van der Waals surface area (Å²) < 4.78 is 7.67. The normalized spacial score (nSPS) is 12.4. The van der Waals surface area contributed by atoms with Crippen LogP contribution in [0.1, 0.15) is 25.1 Å². The number of aliphatic hydroxyl groups is 1. The maximum absolute atomic E-state index is 9.98. The molecule has 0 aliphatic rings. The number of hydrogen-bond acceptors (Lipinski definition) is 4. The molecule has 0 amide bonds. The Balaban J connectivity index is 2.04. The lowest BCUT2D eigenvalue weighted by Gasteiger charge is -2.17. The Labute approximate surface area is 137 Å². The molecule has 0 bridgehead atoms. The Kier molecular flexibility index (Phi) is 5.96. The molecule has 2 N–H and O–H groups in total. The van der Waals surface area contributed by atoms with Crippen molar-refractivity contribution in [3.8, 4) is 5.75 Å². The molecule has 0 radical (unpaired) electrons. The summed E-state index contributed by atoms with van der Waals surface area (Å²) in [6.45, 7) is 10.9. The van der Waals surface area contributed by atoms with Gasteiger partial charge in [-0.3, -0.25) is 0 Å². The molecule has 0 aliphatic carbocycles. The fourth-order valence-electron chi connectivity index (χ4n) is 2.16. The lowest BCUT2D eigenvalue weighted by Crippen LogP contribution is -2.35. The van der Waals surface area contributed by atoms with Gasteiger partial charge in [0.15, 0.2) is 0 Å². The predicted octanol–water partition coefficient (Wildman–Crippen LogP) is 2.45. The van der Waals surface area contributed by atoms with E-state index in [1.165, 1.54) is 0 Å². The molecule has 124 valence electrons. The number of benzene rings is 1. The van der Waals surface area contributed by atoms with Gasteiger partial charge in [0, 0.05) is 24.3 Å². The summed E-state index contributed by atoms with van der Waals surface area (Å²) >= 11 is 0. The van der Waals surface area contributed by atoms with Crippen molar-refractivity contribution in [1.29, 1.82) is 0 Å². The maximum atomic E-state index is 9.98. The fourth-order valence-corrected chi connectivity index (χ4v) is 2.16. The number of imidazole rings is 1. The Bertz CT molecular complexity index is 649. The van der Waals surface area contributed by atoms with Crippen molar-refractivity contribution in [2.75, 3.05) is 13.2 Å². The van der Waals surface area contributed by atoms with Crippen molar-refractivity contribution in [2.45, 2.75) is 32.9 Å². The summed E-state index contributed by atoms with van der Waals surface area (Å²) in [6.07, 6.45) is 3.09. The number of hydrogen-bond donors (Lipinski definition) is 2. The Morgan fingerprint density at radius 1 is 1.39 bits per heavy atom. The number of aryl methyl sites for hydroxylation is 1. The zero-order chi connectivity index (χ0) is 16.8. The molecule has 0 aliphatic heterocycles. The van der Waals surface area contributed by atoms with E-state index < -0.39 is 6.10 Å². The summed E-state index contributed by atoms with van der Waals surface area (Å²) in [6, 6.07) is 8.01. The van der Waals surface area contributed by atoms with Crippen LogP contribution >= 0.6 is 0 Å². The highest BCUT2D eigenvalue weighted by molar-refractivity contribution is 5.68. The third kappa shape index (κ3) is 4.94. The van der Waals surface area contributed by atoms with E-state index in [0.29, 0.717) is 18.3 Å². The molecule has 1 heterocycles. The zero-order valence-corrected chi connectivity index (χ0v) is 14.0. The van der Waals surface area contributed by atoms with Crippen LogP contribution in [0.3, 0.4) is 0 Å². The van der Waals surface area contributed by atoms with E-state index >= 15 is 0 Å². The highest BCUT2D eigenvalue weighted by Crippen LogP contribution is 2.26. The number of aromatic nitrogens is 2. The molecule has 5 nitrogen and oxygen atoms in total. The van der Waals surface area contributed by atoms with Crippen molar-refractivity contribution in [1.82, 2.24) is 14.9 Å². The van der Waals surface area contributed by atoms with Gasteiger partial charge in [-0.25, -0.2) is 4.98 Å². The molecule has 2 aromatic rings. The number of ether oxygens (including phenoxy) is 1. The summed E-state index contributed by atoms with van der Waals surface area (Å²) in [5.74, 6) is 0.701. The van der Waals surface area contributed by atoms with Crippen molar-refractivity contribution >= 4 is 5.70 Å². The van der Waals surface area contributed by atoms with Crippen molar-refractivity contribution < 1.29 is 9.84 Å². The van der Waals surface area contributed by atoms with Crippen LogP contribution < -0.4 is 10.1 Å². The highest BCUT2D eigenvalue weighted by Gasteiger charge is 2.11. The molecule has 1 aromatic carbocycles. The second kappa shape index (κ2) is 7.94. The minimum atomic E-state index is -0.561. The molecule has 1 unspecified atom stereocenters. The van der Waals surface area contributed by atoms with Crippen LogP contribution in [0.5, 0.6) is 5.75 Å². The quantitative estimate of drug-likeness (QED) is 0.785. The number of aliphatic hydroxyl groups excluding tert-OH is 1. The Hall–Kier alpha value is -2.11. The van der Waals surface area contributed by atoms with Crippen LogP contribution in [0.4, 0.5) is 0 Å². The topological polar surface area (TPSA) is 59.3 Å². The van der Waals surface area contributed by atoms with E-state index in [1.54, 1.807) is 6.33 Å². The second-order valence-electron chi connectivity index (χ2n) is 5.89. The van der Waals surface area contributed by atoms with Crippen LogP contribution in [-0.2, 0) is 0 Å². The molecule has 5 heteroatoms. The average Bonchev–Trinajstić information content (AvgIpc) is 2.97. The van der Waals surface area contributed by atoms with Gasteiger partial charge in [-0.05, 0) is 19.1 Å². The van der Waals surface area contributed by atoms with Gasteiger partial charge >= 0.3 is 0 Å². The first-order chi connectivity index (χ1) is 11.0. The van der Waals surface area contributed by atoms with Crippen LogP contribution in [-0.4, -0.2) is 40.0 Å². The van der Waals surface area contributed by atoms with Gasteiger partial charge in [-0.2, -0.15) is 0 Å². The maximum Gasteiger partial charge on any atom is 0.128 e. The van der Waals surface area contributed by atoms with Gasteiger partial charge in [0.1, 0.15) is 18.5 Å². The standard InChI is InChI=1S/C18H25N3O2/c1-13(2)19-9-16(22)11-23-18-8-6-5-7-17(18)15(4)21-10-14(3)20-12-21/h5-8,10,12-13,16,19,22H,4,9,11H2,1-3H3. The first-order valence-electron chi connectivity index (χ1n) is 7.81. The van der Waals surface area contributed by atoms with Gasteiger partial charge in [-0.15, -0.1) is 0 Å². The van der Waals surface area contributed by atoms with E-state index in [1.807, 2.05) is 55.8 Å².